The third-order valence-corrected chi connectivity index (χ3v) is 2.26. The molecular weight excluding hydrogens is 302 g/mol. The average molecular weight is 318 g/mol. The van der Waals surface area contributed by atoms with Crippen molar-refractivity contribution in [2.45, 2.75) is 13.8 Å². The van der Waals surface area contributed by atoms with E-state index in [1.807, 2.05) is 13.8 Å². The first-order chi connectivity index (χ1) is 8.80. The Labute approximate surface area is 158 Å². The molecule has 0 saturated carbocycles. The molecule has 0 bridgehead atoms. The maximum absolute atomic E-state index is 12.8. The fraction of sp³-hybridized carbons (Fsp3) is 0.500. The molecule has 0 aromatic heterocycles. The molecule has 8 heteroatoms. The molecule has 0 fully saturated rings. The predicted molar refractivity (Wildman–Crippen MR) is 66.3 cm³/mol. The monoisotopic (exact) mass is 318 g/mol. The molecule has 0 aliphatic carbocycles. The molecular formula is C12H16BF4KO2. The second-order valence-electron chi connectivity index (χ2n) is 4.57. The number of halogens is 4. The Morgan fingerprint density at radius 3 is 2.35 bits per heavy atom. The van der Waals surface area contributed by atoms with Crippen LogP contribution in [0.4, 0.5) is 17.3 Å². The van der Waals surface area contributed by atoms with Gasteiger partial charge < -0.3 is 22.4 Å². The largest absolute Gasteiger partial charge is 1.00 e. The van der Waals surface area contributed by atoms with Gasteiger partial charge in [0.15, 0.2) is 0 Å². The first-order valence-electron chi connectivity index (χ1n) is 6.00. The van der Waals surface area contributed by atoms with E-state index in [1.54, 1.807) is 0 Å². The van der Waals surface area contributed by atoms with Crippen LogP contribution in [0.2, 0.25) is 0 Å². The molecule has 20 heavy (non-hydrogen) atoms. The van der Waals surface area contributed by atoms with Crippen molar-refractivity contribution < 1.29 is 78.2 Å². The van der Waals surface area contributed by atoms with Crippen molar-refractivity contribution in [1.82, 2.24) is 0 Å². The van der Waals surface area contributed by atoms with Crippen molar-refractivity contribution in [3.8, 4) is 5.75 Å². The maximum Gasteiger partial charge on any atom is 1.00 e. The van der Waals surface area contributed by atoms with E-state index in [0.717, 1.165) is 12.1 Å². The summed E-state index contributed by atoms with van der Waals surface area (Å²) < 4.78 is 61.1. The first-order valence-corrected chi connectivity index (χ1v) is 6.00. The van der Waals surface area contributed by atoms with Crippen LogP contribution in [0, 0.1) is 11.7 Å². The second-order valence-corrected chi connectivity index (χ2v) is 4.57. The summed E-state index contributed by atoms with van der Waals surface area (Å²) in [4.78, 5) is 0. The van der Waals surface area contributed by atoms with Gasteiger partial charge in [-0.25, -0.2) is 4.39 Å². The third kappa shape index (κ3) is 7.42. The smallest absolute Gasteiger partial charge is 0.494 e. The maximum atomic E-state index is 12.8. The van der Waals surface area contributed by atoms with Gasteiger partial charge in [0, 0.05) is 6.61 Å². The molecule has 1 rings (SSSR count). The molecule has 1 aromatic carbocycles. The second kappa shape index (κ2) is 9.42. The normalized spacial score (nSPS) is 11.3. The van der Waals surface area contributed by atoms with Crippen LogP contribution >= 0.6 is 0 Å². The number of benzene rings is 1. The molecule has 0 amide bonds. The zero-order valence-corrected chi connectivity index (χ0v) is 15.0. The van der Waals surface area contributed by atoms with Crippen LogP contribution in [-0.2, 0) is 4.74 Å². The number of rotatable bonds is 7. The van der Waals surface area contributed by atoms with Gasteiger partial charge in [0.1, 0.15) is 12.4 Å². The summed E-state index contributed by atoms with van der Waals surface area (Å²) in [5.74, 6) is -0.945. The van der Waals surface area contributed by atoms with Gasteiger partial charge in [-0.05, 0) is 24.1 Å². The Morgan fingerprint density at radius 1 is 1.15 bits per heavy atom. The summed E-state index contributed by atoms with van der Waals surface area (Å²) in [6.45, 7) is -0.664. The molecule has 0 spiro atoms. The van der Waals surface area contributed by atoms with E-state index in [9.17, 15) is 17.3 Å². The molecule has 0 saturated heterocycles. The van der Waals surface area contributed by atoms with Crippen molar-refractivity contribution in [2.75, 3.05) is 19.8 Å². The van der Waals surface area contributed by atoms with Crippen LogP contribution in [0.5, 0.6) is 5.75 Å². The van der Waals surface area contributed by atoms with Crippen molar-refractivity contribution in [3.05, 3.63) is 24.0 Å². The summed E-state index contributed by atoms with van der Waals surface area (Å²) in [7, 11) is 0. The molecule has 0 N–H and O–H groups in total. The summed E-state index contributed by atoms with van der Waals surface area (Å²) in [6, 6.07) is 2.38. The SMILES string of the molecule is CC(C)COCCOc1ccc(F)cc1[B-](F)(F)F.[K+]. The van der Waals surface area contributed by atoms with Gasteiger partial charge in [0.2, 0.25) is 0 Å². The quantitative estimate of drug-likeness (QED) is 0.398. The van der Waals surface area contributed by atoms with Crippen molar-refractivity contribution in [1.29, 1.82) is 0 Å². The Balaban J connectivity index is 0.00000361. The minimum absolute atomic E-state index is 0. The standard InChI is InChI=1S/C12H16BF4O2.K/c1-9(2)8-18-5-6-19-12-4-3-10(14)7-11(12)13(15,16)17;/h3-4,7,9H,5-6,8H2,1-2H3;/q-1;+1. The van der Waals surface area contributed by atoms with E-state index >= 15 is 0 Å². The van der Waals surface area contributed by atoms with Crippen molar-refractivity contribution >= 4 is 12.4 Å². The van der Waals surface area contributed by atoms with E-state index in [1.165, 1.54) is 0 Å². The zero-order valence-electron chi connectivity index (χ0n) is 11.8. The van der Waals surface area contributed by atoms with Gasteiger partial charge in [-0.15, -0.1) is 0 Å². The van der Waals surface area contributed by atoms with Crippen LogP contribution in [0.15, 0.2) is 18.2 Å². The van der Waals surface area contributed by atoms with Gasteiger partial charge in [0.05, 0.1) is 12.4 Å². The Kier molecular flexibility index (Phi) is 9.61. The summed E-state index contributed by atoms with van der Waals surface area (Å²) >= 11 is 0. The molecule has 0 atom stereocenters. The molecule has 0 aliphatic heterocycles. The molecule has 2 nitrogen and oxygen atoms in total. The van der Waals surface area contributed by atoms with E-state index in [0.29, 0.717) is 18.6 Å². The van der Waals surface area contributed by atoms with E-state index < -0.39 is 18.3 Å². The average Bonchev–Trinajstić information content (AvgIpc) is 2.28. The van der Waals surface area contributed by atoms with Gasteiger partial charge in [0.25, 0.3) is 0 Å². The van der Waals surface area contributed by atoms with E-state index in [2.05, 4.69) is 0 Å². The molecule has 0 aliphatic rings. The van der Waals surface area contributed by atoms with E-state index in [4.69, 9.17) is 9.47 Å². The number of ether oxygens (including phenoxy) is 2. The van der Waals surface area contributed by atoms with Gasteiger partial charge in [-0.1, -0.05) is 19.3 Å². The van der Waals surface area contributed by atoms with E-state index in [-0.39, 0.29) is 70.3 Å². The third-order valence-electron chi connectivity index (χ3n) is 2.26. The fourth-order valence-electron chi connectivity index (χ4n) is 1.44. The topological polar surface area (TPSA) is 18.5 Å². The molecule has 1 aromatic rings. The van der Waals surface area contributed by atoms with Crippen LogP contribution < -0.4 is 61.6 Å². The van der Waals surface area contributed by atoms with Crippen LogP contribution in [0.1, 0.15) is 13.8 Å². The fourth-order valence-corrected chi connectivity index (χ4v) is 1.44. The summed E-state index contributed by atoms with van der Waals surface area (Å²) in [5, 5.41) is 0. The van der Waals surface area contributed by atoms with Crippen LogP contribution in [0.25, 0.3) is 0 Å². The number of hydrogen-bond donors (Lipinski definition) is 0. The molecule has 0 radical (unpaired) electrons. The Morgan fingerprint density at radius 2 is 1.80 bits per heavy atom. The summed E-state index contributed by atoms with van der Waals surface area (Å²) in [6.07, 6.45) is 0. The summed E-state index contributed by atoms with van der Waals surface area (Å²) in [5.41, 5.74) is -1.05. The zero-order chi connectivity index (χ0) is 14.5. The first kappa shape index (κ1) is 20.4. The Hall–Kier alpha value is 0.401. The van der Waals surface area contributed by atoms with Gasteiger partial charge >= 0.3 is 58.4 Å². The van der Waals surface area contributed by atoms with Crippen molar-refractivity contribution in [3.63, 3.8) is 0 Å². The van der Waals surface area contributed by atoms with Gasteiger partial charge in [-0.3, -0.25) is 0 Å². The van der Waals surface area contributed by atoms with Crippen LogP contribution in [-0.4, -0.2) is 26.8 Å². The van der Waals surface area contributed by atoms with Gasteiger partial charge in [-0.2, -0.15) is 0 Å². The van der Waals surface area contributed by atoms with Crippen LogP contribution in [0.3, 0.4) is 0 Å². The van der Waals surface area contributed by atoms with Crippen molar-refractivity contribution in [2.24, 2.45) is 5.92 Å². The number of hydrogen-bond acceptors (Lipinski definition) is 2. The Bertz CT molecular complexity index is 413. The predicted octanol–water partition coefficient (Wildman–Crippen LogP) is -0.0645. The molecule has 0 heterocycles. The molecule has 0 unspecified atom stereocenters. The molecule has 108 valence electrons. The minimum atomic E-state index is -5.30. The minimum Gasteiger partial charge on any atom is -0.494 e.